The number of carbonyl (C=O) groups excluding carboxylic acids is 1. The predicted octanol–water partition coefficient (Wildman–Crippen LogP) is 6.19. The highest BCUT2D eigenvalue weighted by Crippen LogP contribution is 2.37. The van der Waals surface area contributed by atoms with Gasteiger partial charge in [-0.15, -0.1) is 0 Å². The molecule has 6 heteroatoms. The molecule has 2 atom stereocenters. The molecule has 0 unspecified atom stereocenters. The molecule has 3 aromatic rings. The maximum atomic E-state index is 14.2. The fourth-order valence-corrected chi connectivity index (χ4v) is 7.77. The third-order valence-electron chi connectivity index (χ3n) is 9.93. The highest BCUT2D eigenvalue weighted by atomic mass is 35.5. The van der Waals surface area contributed by atoms with Crippen molar-refractivity contribution in [1.29, 1.82) is 0 Å². The van der Waals surface area contributed by atoms with Crippen molar-refractivity contribution in [2.45, 2.75) is 56.7 Å². The molecule has 3 aromatic carbocycles. The van der Waals surface area contributed by atoms with Crippen molar-refractivity contribution in [3.8, 4) is 0 Å². The first-order valence-electron chi connectivity index (χ1n) is 15.9. The lowest BCUT2D eigenvalue weighted by Gasteiger charge is -2.50. The van der Waals surface area contributed by atoms with Crippen LogP contribution in [0.3, 0.4) is 0 Å². The number of benzene rings is 3. The van der Waals surface area contributed by atoms with Gasteiger partial charge in [0.25, 0.3) is 0 Å². The molecule has 1 amide bonds. The summed E-state index contributed by atoms with van der Waals surface area (Å²) in [4.78, 5) is 21.5. The van der Waals surface area contributed by atoms with Crippen molar-refractivity contribution in [1.82, 2.24) is 20.0 Å². The average Bonchev–Trinajstić information content (AvgIpc) is 3.46. The Morgan fingerprint density at radius 2 is 1.43 bits per heavy atom. The Hall–Kier alpha value is -2.70. The van der Waals surface area contributed by atoms with E-state index in [9.17, 15) is 4.79 Å². The van der Waals surface area contributed by atoms with Gasteiger partial charge in [0.1, 0.15) is 0 Å². The molecule has 2 heterocycles. The van der Waals surface area contributed by atoms with E-state index in [1.807, 2.05) is 12.1 Å². The number of amides is 1. The van der Waals surface area contributed by atoms with Crippen LogP contribution < -0.4 is 5.32 Å². The van der Waals surface area contributed by atoms with Crippen LogP contribution in [-0.4, -0.2) is 72.0 Å². The Balaban J connectivity index is 1.11. The number of hydrogen-bond acceptors (Lipinski definition) is 4. The number of likely N-dealkylation sites (tertiary alicyclic amines) is 1. The Labute approximate surface area is 256 Å². The van der Waals surface area contributed by atoms with Crippen molar-refractivity contribution in [3.05, 3.63) is 107 Å². The van der Waals surface area contributed by atoms with Gasteiger partial charge in [-0.25, -0.2) is 0 Å². The second-order valence-electron chi connectivity index (χ2n) is 12.6. The highest BCUT2D eigenvalue weighted by molar-refractivity contribution is 6.30. The molecule has 5 nitrogen and oxygen atoms in total. The number of halogens is 1. The summed E-state index contributed by atoms with van der Waals surface area (Å²) in [6, 6.07) is 29.5. The molecule has 3 fully saturated rings. The van der Waals surface area contributed by atoms with Crippen molar-refractivity contribution in [2.75, 3.05) is 45.8 Å². The van der Waals surface area contributed by atoms with Gasteiger partial charge in [0.15, 0.2) is 0 Å². The minimum atomic E-state index is -0.0300. The van der Waals surface area contributed by atoms with E-state index in [2.05, 4.69) is 92.8 Å². The zero-order valence-electron chi connectivity index (χ0n) is 24.8. The van der Waals surface area contributed by atoms with Crippen LogP contribution in [0.5, 0.6) is 0 Å². The molecule has 0 bridgehead atoms. The maximum Gasteiger partial charge on any atom is 0.227 e. The van der Waals surface area contributed by atoms with Gasteiger partial charge in [-0.3, -0.25) is 14.6 Å². The number of piperazine rings is 1. The normalized spacial score (nSPS) is 23.2. The van der Waals surface area contributed by atoms with Gasteiger partial charge < -0.3 is 10.2 Å². The Morgan fingerprint density at radius 1 is 0.786 bits per heavy atom. The van der Waals surface area contributed by atoms with E-state index < -0.39 is 0 Å². The quantitative estimate of drug-likeness (QED) is 0.325. The standard InChI is InChI=1S/C36H45ClN4O/c37-32-16-14-31(15-17-32)33-26-39(25-30-12-6-2-7-13-30)27-34(33)35(42)40-20-22-41(23-21-40)36(18-8-3-9-19-36)28-38-24-29-10-4-1-5-11-29/h1-2,4-7,10-17,33-34,38H,3,8-9,18-28H2/t33-,34+/m1/s1. The van der Waals surface area contributed by atoms with E-state index in [-0.39, 0.29) is 17.4 Å². The maximum absolute atomic E-state index is 14.2. The monoisotopic (exact) mass is 584 g/mol. The first-order chi connectivity index (χ1) is 20.6. The van der Waals surface area contributed by atoms with Crippen molar-refractivity contribution in [3.63, 3.8) is 0 Å². The van der Waals surface area contributed by atoms with E-state index in [1.54, 1.807) is 0 Å². The summed E-state index contributed by atoms with van der Waals surface area (Å²) < 4.78 is 0. The number of hydrogen-bond donors (Lipinski definition) is 1. The largest absolute Gasteiger partial charge is 0.340 e. The van der Waals surface area contributed by atoms with Crippen LogP contribution in [0.4, 0.5) is 0 Å². The fourth-order valence-electron chi connectivity index (χ4n) is 7.64. The van der Waals surface area contributed by atoms with E-state index in [0.717, 1.165) is 63.9 Å². The summed E-state index contributed by atoms with van der Waals surface area (Å²) >= 11 is 6.23. The number of nitrogens with one attached hydrogen (secondary N) is 1. The van der Waals surface area contributed by atoms with Gasteiger partial charge in [-0.1, -0.05) is 104 Å². The molecule has 0 spiro atoms. The Kier molecular flexibility index (Phi) is 9.60. The molecule has 2 saturated heterocycles. The summed E-state index contributed by atoms with van der Waals surface area (Å²) in [5, 5.41) is 4.55. The fraction of sp³-hybridized carbons (Fsp3) is 0.472. The molecule has 0 radical (unpaired) electrons. The average molecular weight is 585 g/mol. The highest BCUT2D eigenvalue weighted by Gasteiger charge is 2.43. The van der Waals surface area contributed by atoms with Crippen LogP contribution in [0.2, 0.25) is 5.02 Å². The number of rotatable bonds is 9. The van der Waals surface area contributed by atoms with E-state index in [4.69, 9.17) is 11.6 Å². The molecule has 222 valence electrons. The lowest BCUT2D eigenvalue weighted by molar-refractivity contribution is -0.138. The molecule has 3 aliphatic rings. The molecule has 1 saturated carbocycles. The van der Waals surface area contributed by atoms with Gasteiger partial charge in [0, 0.05) is 75.4 Å². The van der Waals surface area contributed by atoms with Crippen LogP contribution >= 0.6 is 11.6 Å². The lowest BCUT2D eigenvalue weighted by Crippen LogP contribution is -2.62. The summed E-state index contributed by atoms with van der Waals surface area (Å²) in [6.45, 7) is 8.07. The third kappa shape index (κ3) is 6.92. The van der Waals surface area contributed by atoms with E-state index in [0.29, 0.717) is 5.91 Å². The SMILES string of the molecule is O=C([C@H]1CN(Cc2ccccc2)C[C@@H]1c1ccc(Cl)cc1)N1CCN(C2(CNCc3ccccc3)CCCCC2)CC1. The Morgan fingerprint density at radius 3 is 2.10 bits per heavy atom. The van der Waals surface area contributed by atoms with Crippen molar-refractivity contribution >= 4 is 17.5 Å². The lowest BCUT2D eigenvalue weighted by atomic mass is 9.79. The zero-order valence-corrected chi connectivity index (χ0v) is 25.5. The van der Waals surface area contributed by atoms with Crippen molar-refractivity contribution < 1.29 is 4.79 Å². The van der Waals surface area contributed by atoms with Gasteiger partial charge in [0.05, 0.1) is 5.92 Å². The minimum Gasteiger partial charge on any atom is -0.340 e. The van der Waals surface area contributed by atoms with Crippen LogP contribution in [0.25, 0.3) is 0 Å². The van der Waals surface area contributed by atoms with Crippen molar-refractivity contribution in [2.24, 2.45) is 5.92 Å². The summed E-state index contributed by atoms with van der Waals surface area (Å²) in [7, 11) is 0. The number of nitrogens with zero attached hydrogens (tertiary/aromatic N) is 3. The molecular formula is C36H45ClN4O. The summed E-state index contributed by atoms with van der Waals surface area (Å²) in [5.74, 6) is 0.478. The van der Waals surface area contributed by atoms with Gasteiger partial charge >= 0.3 is 0 Å². The van der Waals surface area contributed by atoms with Crippen LogP contribution in [0.15, 0.2) is 84.9 Å². The minimum absolute atomic E-state index is 0.0300. The summed E-state index contributed by atoms with van der Waals surface area (Å²) in [6.07, 6.45) is 6.44. The first-order valence-corrected chi connectivity index (χ1v) is 16.3. The Bertz CT molecular complexity index is 1270. The predicted molar refractivity (Wildman–Crippen MR) is 172 cm³/mol. The third-order valence-corrected chi connectivity index (χ3v) is 10.2. The molecule has 1 aliphatic carbocycles. The summed E-state index contributed by atoms with van der Waals surface area (Å²) in [5.41, 5.74) is 4.06. The van der Waals surface area contributed by atoms with Crippen LogP contribution in [0.1, 0.15) is 54.7 Å². The molecular weight excluding hydrogens is 540 g/mol. The molecule has 2 aliphatic heterocycles. The molecule has 6 rings (SSSR count). The van der Waals surface area contributed by atoms with Gasteiger partial charge in [-0.2, -0.15) is 0 Å². The zero-order chi connectivity index (χ0) is 28.8. The van der Waals surface area contributed by atoms with E-state index >= 15 is 0 Å². The molecule has 42 heavy (non-hydrogen) atoms. The second kappa shape index (κ2) is 13.7. The molecule has 0 aromatic heterocycles. The second-order valence-corrected chi connectivity index (χ2v) is 13.1. The number of carbonyl (C=O) groups is 1. The first kappa shape index (κ1) is 29.4. The smallest absolute Gasteiger partial charge is 0.227 e. The van der Waals surface area contributed by atoms with Gasteiger partial charge in [-0.05, 0) is 41.7 Å². The van der Waals surface area contributed by atoms with E-state index in [1.165, 1.54) is 48.8 Å². The topological polar surface area (TPSA) is 38.8 Å². The van der Waals surface area contributed by atoms with Crippen LogP contribution in [0, 0.1) is 5.92 Å². The molecule has 1 N–H and O–H groups in total. The van der Waals surface area contributed by atoms with Crippen LogP contribution in [-0.2, 0) is 17.9 Å². The van der Waals surface area contributed by atoms with Gasteiger partial charge in [0.2, 0.25) is 5.91 Å².